The summed E-state index contributed by atoms with van der Waals surface area (Å²) in [6.45, 7) is 5.19. The van der Waals surface area contributed by atoms with Crippen LogP contribution in [-0.4, -0.2) is 6.54 Å². The molecule has 1 heteroatoms. The van der Waals surface area contributed by atoms with Gasteiger partial charge in [0, 0.05) is 18.2 Å². The fourth-order valence-electron chi connectivity index (χ4n) is 2.87. The third-order valence-electron chi connectivity index (χ3n) is 4.42. The number of benzene rings is 3. The fourth-order valence-corrected chi connectivity index (χ4v) is 2.87. The van der Waals surface area contributed by atoms with Crippen molar-refractivity contribution in [3.8, 4) is 0 Å². The number of hydrogen-bond donors (Lipinski definition) is 1. The summed E-state index contributed by atoms with van der Waals surface area (Å²) in [4.78, 5) is 0. The van der Waals surface area contributed by atoms with Crippen LogP contribution < -0.4 is 5.32 Å². The Labute approximate surface area is 139 Å². The summed E-state index contributed by atoms with van der Waals surface area (Å²) in [5.74, 6) is 0.346. The van der Waals surface area contributed by atoms with Crippen LogP contribution in [0.2, 0.25) is 0 Å². The van der Waals surface area contributed by atoms with Crippen LogP contribution in [0.3, 0.4) is 0 Å². The third-order valence-corrected chi connectivity index (χ3v) is 4.42. The second-order valence-corrected chi connectivity index (χ2v) is 6.05. The normalized spacial score (nSPS) is 10.7. The van der Waals surface area contributed by atoms with E-state index in [1.807, 2.05) is 0 Å². The predicted octanol–water partition coefficient (Wildman–Crippen LogP) is 5.55. The van der Waals surface area contributed by atoms with Crippen molar-refractivity contribution in [2.75, 3.05) is 11.9 Å². The second-order valence-electron chi connectivity index (χ2n) is 6.05. The number of hydrogen-bond acceptors (Lipinski definition) is 1. The van der Waals surface area contributed by atoms with Gasteiger partial charge in [0.05, 0.1) is 0 Å². The van der Waals surface area contributed by atoms with E-state index in [1.54, 1.807) is 0 Å². The summed E-state index contributed by atoms with van der Waals surface area (Å²) in [5, 5.41) is 3.61. The van der Waals surface area contributed by atoms with Crippen LogP contribution in [-0.2, 0) is 0 Å². The molecule has 0 fully saturated rings. The Morgan fingerprint density at radius 1 is 0.696 bits per heavy atom. The highest BCUT2D eigenvalue weighted by Gasteiger charge is 2.13. The number of aryl methyl sites for hydroxylation is 2. The Morgan fingerprint density at radius 3 is 1.78 bits per heavy atom. The molecular formula is C22H23N. The van der Waals surface area contributed by atoms with Crippen LogP contribution >= 0.6 is 0 Å². The van der Waals surface area contributed by atoms with Crippen molar-refractivity contribution in [1.82, 2.24) is 0 Å². The van der Waals surface area contributed by atoms with Gasteiger partial charge >= 0.3 is 0 Å². The first-order valence-electron chi connectivity index (χ1n) is 8.15. The molecule has 1 nitrogen and oxygen atoms in total. The van der Waals surface area contributed by atoms with Gasteiger partial charge in [0.25, 0.3) is 0 Å². The molecule has 0 amide bonds. The van der Waals surface area contributed by atoms with Gasteiger partial charge in [-0.15, -0.1) is 0 Å². The van der Waals surface area contributed by atoms with E-state index >= 15 is 0 Å². The van der Waals surface area contributed by atoms with Crippen LogP contribution in [0.15, 0.2) is 78.9 Å². The summed E-state index contributed by atoms with van der Waals surface area (Å²) in [7, 11) is 0. The van der Waals surface area contributed by atoms with Crippen molar-refractivity contribution in [3.05, 3.63) is 101 Å². The van der Waals surface area contributed by atoms with Gasteiger partial charge in [0.15, 0.2) is 0 Å². The van der Waals surface area contributed by atoms with E-state index in [0.717, 1.165) is 6.54 Å². The lowest BCUT2D eigenvalue weighted by atomic mass is 9.91. The van der Waals surface area contributed by atoms with Gasteiger partial charge in [-0.1, -0.05) is 66.7 Å². The molecular weight excluding hydrogens is 278 g/mol. The van der Waals surface area contributed by atoms with Gasteiger partial charge in [-0.05, 0) is 48.2 Å². The summed E-state index contributed by atoms with van der Waals surface area (Å²) in [6.07, 6.45) is 0. The average molecular weight is 301 g/mol. The largest absolute Gasteiger partial charge is 0.384 e. The first-order valence-corrected chi connectivity index (χ1v) is 8.15. The van der Waals surface area contributed by atoms with E-state index in [9.17, 15) is 0 Å². The first kappa shape index (κ1) is 15.4. The maximum atomic E-state index is 3.61. The highest BCUT2D eigenvalue weighted by atomic mass is 14.9. The van der Waals surface area contributed by atoms with Crippen molar-refractivity contribution in [1.29, 1.82) is 0 Å². The van der Waals surface area contributed by atoms with Crippen molar-refractivity contribution < 1.29 is 0 Å². The van der Waals surface area contributed by atoms with Crippen molar-refractivity contribution in [2.24, 2.45) is 0 Å². The van der Waals surface area contributed by atoms with E-state index in [2.05, 4.69) is 98.0 Å². The summed E-state index contributed by atoms with van der Waals surface area (Å²) < 4.78 is 0. The maximum Gasteiger partial charge on any atom is 0.0343 e. The Balaban J connectivity index is 1.83. The summed E-state index contributed by atoms with van der Waals surface area (Å²) in [6, 6.07) is 28.0. The monoisotopic (exact) mass is 301 g/mol. The molecule has 0 aliphatic rings. The maximum absolute atomic E-state index is 3.61. The summed E-state index contributed by atoms with van der Waals surface area (Å²) in [5.41, 5.74) is 6.53. The first-order chi connectivity index (χ1) is 11.2. The Morgan fingerprint density at radius 2 is 1.26 bits per heavy atom. The lowest BCUT2D eigenvalue weighted by Crippen LogP contribution is -2.14. The molecule has 0 saturated carbocycles. The smallest absolute Gasteiger partial charge is 0.0343 e. The van der Waals surface area contributed by atoms with Gasteiger partial charge in [0.1, 0.15) is 0 Å². The molecule has 116 valence electrons. The SMILES string of the molecule is Cc1ccc(NCC(c2ccccc2)c2ccccc2)cc1C. The molecule has 0 unspecified atom stereocenters. The molecule has 0 radical (unpaired) electrons. The van der Waals surface area contributed by atoms with Crippen molar-refractivity contribution in [2.45, 2.75) is 19.8 Å². The zero-order valence-corrected chi connectivity index (χ0v) is 13.8. The highest BCUT2D eigenvalue weighted by Crippen LogP contribution is 2.25. The van der Waals surface area contributed by atoms with Crippen LogP contribution in [0.5, 0.6) is 0 Å². The number of anilines is 1. The molecule has 0 atom stereocenters. The minimum atomic E-state index is 0.346. The van der Waals surface area contributed by atoms with Crippen molar-refractivity contribution >= 4 is 5.69 Å². The summed E-state index contributed by atoms with van der Waals surface area (Å²) >= 11 is 0. The minimum absolute atomic E-state index is 0.346. The van der Waals surface area contributed by atoms with Gasteiger partial charge in [-0.3, -0.25) is 0 Å². The minimum Gasteiger partial charge on any atom is -0.384 e. The topological polar surface area (TPSA) is 12.0 Å². The van der Waals surface area contributed by atoms with E-state index in [4.69, 9.17) is 0 Å². The lowest BCUT2D eigenvalue weighted by Gasteiger charge is -2.20. The van der Waals surface area contributed by atoms with E-state index in [-0.39, 0.29) is 0 Å². The molecule has 23 heavy (non-hydrogen) atoms. The molecule has 0 saturated heterocycles. The second kappa shape index (κ2) is 7.15. The van der Waals surface area contributed by atoms with Crippen LogP contribution in [0.4, 0.5) is 5.69 Å². The van der Waals surface area contributed by atoms with Gasteiger partial charge in [-0.2, -0.15) is 0 Å². The molecule has 0 bridgehead atoms. The third kappa shape index (κ3) is 3.81. The molecule has 0 aliphatic carbocycles. The number of nitrogens with one attached hydrogen (secondary N) is 1. The van der Waals surface area contributed by atoms with E-state index in [0.29, 0.717) is 5.92 Å². The standard InChI is InChI=1S/C22H23N/c1-17-13-14-21(15-18(17)2)23-16-22(19-9-5-3-6-10-19)20-11-7-4-8-12-20/h3-15,22-23H,16H2,1-2H3. The Bertz CT molecular complexity index is 708. The number of rotatable bonds is 5. The fraction of sp³-hybridized carbons (Fsp3) is 0.182. The van der Waals surface area contributed by atoms with E-state index < -0.39 is 0 Å². The molecule has 0 aromatic heterocycles. The van der Waals surface area contributed by atoms with Crippen LogP contribution in [0.1, 0.15) is 28.2 Å². The zero-order chi connectivity index (χ0) is 16.1. The van der Waals surface area contributed by atoms with E-state index in [1.165, 1.54) is 27.9 Å². The quantitative estimate of drug-likeness (QED) is 0.651. The molecule has 1 N–H and O–H groups in total. The highest BCUT2D eigenvalue weighted by molar-refractivity contribution is 5.49. The van der Waals surface area contributed by atoms with Crippen molar-refractivity contribution in [3.63, 3.8) is 0 Å². The van der Waals surface area contributed by atoms with Gasteiger partial charge < -0.3 is 5.32 Å². The molecule has 3 aromatic carbocycles. The predicted molar refractivity (Wildman–Crippen MR) is 99.1 cm³/mol. The molecule has 3 rings (SSSR count). The Kier molecular flexibility index (Phi) is 4.77. The molecule has 0 heterocycles. The lowest BCUT2D eigenvalue weighted by molar-refractivity contribution is 0.853. The zero-order valence-electron chi connectivity index (χ0n) is 13.8. The molecule has 0 aliphatic heterocycles. The average Bonchev–Trinajstić information content (AvgIpc) is 2.60. The molecule has 0 spiro atoms. The van der Waals surface area contributed by atoms with Gasteiger partial charge in [0.2, 0.25) is 0 Å². The molecule has 3 aromatic rings. The van der Waals surface area contributed by atoms with Crippen LogP contribution in [0.25, 0.3) is 0 Å². The van der Waals surface area contributed by atoms with Gasteiger partial charge in [-0.25, -0.2) is 0 Å². The Hall–Kier alpha value is -2.54. The van der Waals surface area contributed by atoms with Crippen LogP contribution in [0, 0.1) is 13.8 Å².